The van der Waals surface area contributed by atoms with Crippen LogP contribution >= 0.6 is 23.2 Å². The Morgan fingerprint density at radius 1 is 0.944 bits per heavy atom. The fraction of sp³-hybridized carbons (Fsp3) is 0.120. The van der Waals surface area contributed by atoms with E-state index in [9.17, 15) is 27.9 Å². The molecule has 0 spiro atoms. The number of Topliss-reactive ketones (excluding diaryl/α,β-unsaturated/α-hetero) is 1. The summed E-state index contributed by atoms with van der Waals surface area (Å²) in [6, 6.07) is 14.0. The van der Waals surface area contributed by atoms with Crippen molar-refractivity contribution in [1.29, 1.82) is 0 Å². The summed E-state index contributed by atoms with van der Waals surface area (Å²) in [5.74, 6) is -2.58. The van der Waals surface area contributed by atoms with Gasteiger partial charge in [0.1, 0.15) is 17.3 Å². The number of hydrogen-bond acceptors (Lipinski definition) is 5. The van der Waals surface area contributed by atoms with Gasteiger partial charge in [-0.3, -0.25) is 14.5 Å². The van der Waals surface area contributed by atoms with Crippen LogP contribution < -0.4 is 14.4 Å². The zero-order valence-electron chi connectivity index (χ0n) is 18.3. The van der Waals surface area contributed by atoms with E-state index in [2.05, 4.69) is 4.74 Å². The summed E-state index contributed by atoms with van der Waals surface area (Å²) in [7, 11) is 1.44. The molecular formula is C25H16Cl2F3NO5. The van der Waals surface area contributed by atoms with Crippen LogP contribution in [0.25, 0.3) is 5.76 Å². The first-order chi connectivity index (χ1) is 17.0. The lowest BCUT2D eigenvalue weighted by Gasteiger charge is -2.26. The van der Waals surface area contributed by atoms with Crippen LogP contribution in [0.4, 0.5) is 18.9 Å². The second-order valence-corrected chi connectivity index (χ2v) is 8.43. The molecule has 1 aliphatic heterocycles. The standard InChI is InChI=1S/C25H16Cl2F3NO5/c1-35-17-4-2-3-13(11-17)21-20(22(32)14-5-10-18(26)19(27)12-14)23(33)24(34)31(21)15-6-8-16(9-7-15)36-25(28,29)30/h2-12,21,32H,1H3/b22-20-. The van der Waals surface area contributed by atoms with E-state index in [4.69, 9.17) is 27.9 Å². The Balaban J connectivity index is 1.88. The Morgan fingerprint density at radius 3 is 2.25 bits per heavy atom. The molecule has 0 bridgehead atoms. The number of amides is 1. The van der Waals surface area contributed by atoms with Gasteiger partial charge in [-0.1, -0.05) is 35.3 Å². The molecule has 3 aromatic rings. The molecule has 1 amide bonds. The first-order valence-electron chi connectivity index (χ1n) is 10.3. The van der Waals surface area contributed by atoms with Gasteiger partial charge in [-0.15, -0.1) is 13.2 Å². The van der Waals surface area contributed by atoms with Crippen LogP contribution in [-0.4, -0.2) is 30.3 Å². The largest absolute Gasteiger partial charge is 0.573 e. The predicted molar refractivity (Wildman–Crippen MR) is 127 cm³/mol. The maximum Gasteiger partial charge on any atom is 0.573 e. The van der Waals surface area contributed by atoms with Gasteiger partial charge in [0.25, 0.3) is 11.7 Å². The number of methoxy groups -OCH3 is 1. The Morgan fingerprint density at radius 2 is 1.64 bits per heavy atom. The number of carbonyl (C=O) groups excluding carboxylic acids is 2. The van der Waals surface area contributed by atoms with Gasteiger partial charge in [-0.05, 0) is 60.2 Å². The molecule has 1 fully saturated rings. The van der Waals surface area contributed by atoms with Gasteiger partial charge < -0.3 is 14.6 Å². The summed E-state index contributed by atoms with van der Waals surface area (Å²) in [4.78, 5) is 27.4. The first kappa shape index (κ1) is 25.4. The zero-order chi connectivity index (χ0) is 26.2. The van der Waals surface area contributed by atoms with Crippen molar-refractivity contribution in [2.45, 2.75) is 12.4 Å². The van der Waals surface area contributed by atoms with Gasteiger partial charge in [0, 0.05) is 11.3 Å². The fourth-order valence-corrected chi connectivity index (χ4v) is 4.13. The zero-order valence-corrected chi connectivity index (χ0v) is 19.9. The van der Waals surface area contributed by atoms with Crippen molar-refractivity contribution in [1.82, 2.24) is 0 Å². The summed E-state index contributed by atoms with van der Waals surface area (Å²) in [5.41, 5.74) is 0.407. The molecule has 4 rings (SSSR count). The number of hydrogen-bond donors (Lipinski definition) is 1. The summed E-state index contributed by atoms with van der Waals surface area (Å²) in [6.45, 7) is 0. The van der Waals surface area contributed by atoms with E-state index in [0.29, 0.717) is 11.3 Å². The number of aliphatic hydroxyl groups is 1. The number of aliphatic hydroxyl groups excluding tert-OH is 1. The van der Waals surface area contributed by atoms with Crippen molar-refractivity contribution in [2.75, 3.05) is 12.0 Å². The van der Waals surface area contributed by atoms with Crippen LogP contribution in [0, 0.1) is 0 Å². The van der Waals surface area contributed by atoms with E-state index in [0.717, 1.165) is 17.0 Å². The third kappa shape index (κ3) is 4.98. The molecule has 0 aromatic heterocycles. The lowest BCUT2D eigenvalue weighted by Crippen LogP contribution is -2.29. The number of alkyl halides is 3. The van der Waals surface area contributed by atoms with Gasteiger partial charge in [-0.25, -0.2) is 0 Å². The highest BCUT2D eigenvalue weighted by Crippen LogP contribution is 2.43. The second kappa shape index (κ2) is 9.75. The summed E-state index contributed by atoms with van der Waals surface area (Å²) >= 11 is 12.0. The SMILES string of the molecule is COc1cccc(C2/C(=C(/O)c3ccc(Cl)c(Cl)c3)C(=O)C(=O)N2c2ccc(OC(F)(F)F)cc2)c1. The van der Waals surface area contributed by atoms with Crippen molar-refractivity contribution in [2.24, 2.45) is 0 Å². The minimum Gasteiger partial charge on any atom is -0.507 e. The molecule has 1 N–H and O–H groups in total. The van der Waals surface area contributed by atoms with Crippen molar-refractivity contribution < 1.29 is 37.3 Å². The molecule has 1 aliphatic rings. The molecule has 11 heteroatoms. The number of ether oxygens (including phenoxy) is 2. The minimum atomic E-state index is -4.90. The van der Waals surface area contributed by atoms with E-state index in [-0.39, 0.29) is 26.9 Å². The number of ketones is 1. The number of benzene rings is 3. The topological polar surface area (TPSA) is 76.1 Å². The molecule has 1 atom stereocenters. The Bertz CT molecular complexity index is 1370. The Hall–Kier alpha value is -3.69. The van der Waals surface area contributed by atoms with Crippen molar-refractivity contribution in [3.05, 3.63) is 93.5 Å². The Labute approximate surface area is 213 Å². The quantitative estimate of drug-likeness (QED) is 0.227. The molecule has 0 aliphatic carbocycles. The number of anilines is 1. The third-order valence-electron chi connectivity index (χ3n) is 5.40. The van der Waals surface area contributed by atoms with Crippen molar-refractivity contribution in [3.63, 3.8) is 0 Å². The third-order valence-corrected chi connectivity index (χ3v) is 6.13. The molecule has 3 aromatic carbocycles. The molecular weight excluding hydrogens is 522 g/mol. The van der Waals surface area contributed by atoms with Crippen molar-refractivity contribution >= 4 is 46.3 Å². The highest BCUT2D eigenvalue weighted by molar-refractivity contribution is 6.51. The molecule has 186 valence electrons. The molecule has 1 unspecified atom stereocenters. The molecule has 0 saturated carbocycles. The van der Waals surface area contributed by atoms with Crippen LogP contribution in [-0.2, 0) is 9.59 Å². The molecule has 36 heavy (non-hydrogen) atoms. The second-order valence-electron chi connectivity index (χ2n) is 7.62. The van der Waals surface area contributed by atoms with Crippen LogP contribution in [0.2, 0.25) is 10.0 Å². The highest BCUT2D eigenvalue weighted by atomic mass is 35.5. The van der Waals surface area contributed by atoms with E-state index in [1.807, 2.05) is 0 Å². The molecule has 1 heterocycles. The lowest BCUT2D eigenvalue weighted by molar-refractivity contribution is -0.274. The van der Waals surface area contributed by atoms with Crippen LogP contribution in [0.15, 0.2) is 72.3 Å². The lowest BCUT2D eigenvalue weighted by atomic mass is 9.95. The van der Waals surface area contributed by atoms with Crippen LogP contribution in [0.3, 0.4) is 0 Å². The van der Waals surface area contributed by atoms with Crippen LogP contribution in [0.5, 0.6) is 11.5 Å². The summed E-state index contributed by atoms with van der Waals surface area (Å²) in [6.07, 6.45) is -4.90. The molecule has 1 saturated heterocycles. The number of rotatable bonds is 5. The molecule has 0 radical (unpaired) electrons. The van der Waals surface area contributed by atoms with E-state index in [1.165, 1.54) is 37.4 Å². The van der Waals surface area contributed by atoms with Gasteiger partial charge in [0.15, 0.2) is 0 Å². The van der Waals surface area contributed by atoms with Gasteiger partial charge in [0.2, 0.25) is 0 Å². The number of carbonyl (C=O) groups is 2. The number of halogens is 5. The first-order valence-corrected chi connectivity index (χ1v) is 11.0. The average Bonchev–Trinajstić information content (AvgIpc) is 3.10. The van der Waals surface area contributed by atoms with E-state index in [1.54, 1.807) is 24.3 Å². The van der Waals surface area contributed by atoms with Crippen LogP contribution in [0.1, 0.15) is 17.2 Å². The normalized spacial score (nSPS) is 17.4. The van der Waals surface area contributed by atoms with Gasteiger partial charge >= 0.3 is 6.36 Å². The predicted octanol–water partition coefficient (Wildman–Crippen LogP) is 6.53. The summed E-state index contributed by atoms with van der Waals surface area (Å²) < 4.78 is 46.9. The maximum absolute atomic E-state index is 13.2. The summed E-state index contributed by atoms with van der Waals surface area (Å²) in [5, 5.41) is 11.5. The number of nitrogens with zero attached hydrogens (tertiary/aromatic N) is 1. The monoisotopic (exact) mass is 537 g/mol. The van der Waals surface area contributed by atoms with Gasteiger partial charge in [0.05, 0.1) is 28.8 Å². The maximum atomic E-state index is 13.2. The molecule has 6 nitrogen and oxygen atoms in total. The van der Waals surface area contributed by atoms with E-state index >= 15 is 0 Å². The fourth-order valence-electron chi connectivity index (χ4n) is 3.83. The average molecular weight is 538 g/mol. The Kier molecular flexibility index (Phi) is 6.88. The van der Waals surface area contributed by atoms with Gasteiger partial charge in [-0.2, -0.15) is 0 Å². The van der Waals surface area contributed by atoms with E-state index < -0.39 is 35.6 Å². The smallest absolute Gasteiger partial charge is 0.507 e. The highest BCUT2D eigenvalue weighted by Gasteiger charge is 2.47. The van der Waals surface area contributed by atoms with Crippen molar-refractivity contribution in [3.8, 4) is 11.5 Å². The minimum absolute atomic E-state index is 0.104.